The van der Waals surface area contributed by atoms with Crippen molar-refractivity contribution in [1.29, 1.82) is 0 Å². The van der Waals surface area contributed by atoms with Crippen molar-refractivity contribution in [2.45, 2.75) is 13.8 Å². The van der Waals surface area contributed by atoms with Crippen LogP contribution in [0.5, 0.6) is 0 Å². The van der Waals surface area contributed by atoms with Gasteiger partial charge in [0, 0.05) is 24.2 Å². The molecule has 0 aromatic carbocycles. The zero-order valence-electron chi connectivity index (χ0n) is 8.44. The third-order valence-electron chi connectivity index (χ3n) is 1.71. The van der Waals surface area contributed by atoms with Crippen molar-refractivity contribution in [2.24, 2.45) is 4.99 Å². The lowest BCUT2D eigenvalue weighted by Crippen LogP contribution is -1.91. The highest BCUT2D eigenvalue weighted by Crippen LogP contribution is 2.10. The fourth-order valence-electron chi connectivity index (χ4n) is 0.975. The summed E-state index contributed by atoms with van der Waals surface area (Å²) in [6, 6.07) is 0. The quantitative estimate of drug-likeness (QED) is 0.538. The molecule has 0 saturated heterocycles. The minimum atomic E-state index is 0.706. The van der Waals surface area contributed by atoms with Crippen LogP contribution in [0.1, 0.15) is 18.3 Å². The van der Waals surface area contributed by atoms with Crippen LogP contribution < -0.4 is 0 Å². The van der Waals surface area contributed by atoms with Crippen molar-refractivity contribution in [3.8, 4) is 0 Å². The van der Waals surface area contributed by atoms with E-state index in [-0.39, 0.29) is 0 Å². The summed E-state index contributed by atoms with van der Waals surface area (Å²) in [6.07, 6.45) is 8.98. The van der Waals surface area contributed by atoms with Gasteiger partial charge in [-0.3, -0.25) is 4.99 Å². The molecule has 0 aliphatic carbocycles. The molecule has 0 unspecified atom stereocenters. The van der Waals surface area contributed by atoms with Crippen molar-refractivity contribution >= 4 is 12.3 Å². The topological polar surface area (TPSA) is 38.1 Å². The van der Waals surface area contributed by atoms with Crippen molar-refractivity contribution in [1.82, 2.24) is 9.97 Å². The summed E-state index contributed by atoms with van der Waals surface area (Å²) in [5.74, 6) is 0.706. The highest BCUT2D eigenvalue weighted by Gasteiger charge is 1.98. The maximum absolute atomic E-state index is 4.21. The number of rotatable bonds is 3. The molecule has 0 spiro atoms. The van der Waals surface area contributed by atoms with Crippen LogP contribution in [-0.4, -0.2) is 16.7 Å². The van der Waals surface area contributed by atoms with E-state index in [4.69, 9.17) is 0 Å². The van der Waals surface area contributed by atoms with E-state index < -0.39 is 0 Å². The number of hydrogen-bond acceptors (Lipinski definition) is 3. The summed E-state index contributed by atoms with van der Waals surface area (Å²) in [7, 11) is 0. The van der Waals surface area contributed by atoms with Gasteiger partial charge in [0.05, 0.1) is 0 Å². The lowest BCUT2D eigenvalue weighted by molar-refractivity contribution is 1.09. The van der Waals surface area contributed by atoms with Crippen molar-refractivity contribution in [3.05, 3.63) is 42.1 Å². The van der Waals surface area contributed by atoms with Gasteiger partial charge in [-0.05, 0) is 32.2 Å². The second-order valence-corrected chi connectivity index (χ2v) is 2.83. The fraction of sp³-hybridized carbons (Fsp3) is 0.182. The van der Waals surface area contributed by atoms with Crippen molar-refractivity contribution < 1.29 is 0 Å². The Morgan fingerprint density at radius 2 is 2.07 bits per heavy atom. The van der Waals surface area contributed by atoms with Crippen LogP contribution in [0.3, 0.4) is 0 Å². The van der Waals surface area contributed by atoms with Gasteiger partial charge in [-0.15, -0.1) is 0 Å². The Hall–Kier alpha value is -1.77. The minimum Gasteiger partial charge on any atom is -0.272 e. The molecule has 0 N–H and O–H groups in total. The van der Waals surface area contributed by atoms with Crippen LogP contribution >= 0.6 is 0 Å². The molecule has 14 heavy (non-hydrogen) atoms. The van der Waals surface area contributed by atoms with Crippen LogP contribution in [0.2, 0.25) is 0 Å². The summed E-state index contributed by atoms with van der Waals surface area (Å²) in [6.45, 7) is 7.26. The van der Waals surface area contributed by atoms with Gasteiger partial charge in [-0.2, -0.15) is 0 Å². The molecular formula is C11H13N3. The SMILES string of the molecule is C=N/C=C\C(=C/C)c1ncc(C)cn1. The fourth-order valence-corrected chi connectivity index (χ4v) is 0.975. The molecule has 0 aliphatic rings. The van der Waals surface area contributed by atoms with E-state index in [1.165, 1.54) is 0 Å². The van der Waals surface area contributed by atoms with E-state index in [1.807, 2.05) is 26.0 Å². The van der Waals surface area contributed by atoms with Gasteiger partial charge < -0.3 is 0 Å². The number of aryl methyl sites for hydroxylation is 1. The predicted octanol–water partition coefficient (Wildman–Crippen LogP) is 2.40. The first-order chi connectivity index (χ1) is 6.77. The molecule has 0 bridgehead atoms. The number of nitrogens with zero attached hydrogens (tertiary/aromatic N) is 3. The van der Waals surface area contributed by atoms with E-state index in [0.29, 0.717) is 5.82 Å². The molecule has 1 heterocycles. The Bertz CT molecular complexity index is 361. The van der Waals surface area contributed by atoms with Gasteiger partial charge in [0.25, 0.3) is 0 Å². The lowest BCUT2D eigenvalue weighted by atomic mass is 10.2. The largest absolute Gasteiger partial charge is 0.272 e. The highest BCUT2D eigenvalue weighted by molar-refractivity contribution is 5.68. The van der Waals surface area contributed by atoms with Crippen LogP contribution in [0.15, 0.2) is 35.7 Å². The van der Waals surface area contributed by atoms with Gasteiger partial charge in [0.15, 0.2) is 5.82 Å². The standard InChI is InChI=1S/C11H13N3/c1-4-10(5-6-12-3)11-13-7-9(2)8-14-11/h4-8H,3H2,1-2H3/b6-5-,10-4+. The number of hydrogen-bond donors (Lipinski definition) is 0. The van der Waals surface area contributed by atoms with Gasteiger partial charge in [-0.1, -0.05) is 6.08 Å². The molecule has 0 radical (unpaired) electrons. The maximum atomic E-state index is 4.21. The smallest absolute Gasteiger partial charge is 0.158 e. The molecule has 0 amide bonds. The third kappa shape index (κ3) is 2.62. The second kappa shape index (κ2) is 5.07. The first-order valence-electron chi connectivity index (χ1n) is 4.35. The monoisotopic (exact) mass is 187 g/mol. The molecule has 0 fully saturated rings. The van der Waals surface area contributed by atoms with Crippen LogP contribution in [0.25, 0.3) is 5.57 Å². The highest BCUT2D eigenvalue weighted by atomic mass is 14.9. The Kier molecular flexibility index (Phi) is 3.73. The number of allylic oxidation sites excluding steroid dienone is 3. The Morgan fingerprint density at radius 1 is 1.43 bits per heavy atom. The van der Waals surface area contributed by atoms with Crippen molar-refractivity contribution in [3.63, 3.8) is 0 Å². The van der Waals surface area contributed by atoms with E-state index >= 15 is 0 Å². The zero-order chi connectivity index (χ0) is 10.4. The second-order valence-electron chi connectivity index (χ2n) is 2.83. The Labute approximate surface area is 83.9 Å². The zero-order valence-corrected chi connectivity index (χ0v) is 8.44. The molecule has 3 heteroatoms. The molecule has 1 aromatic heterocycles. The first-order valence-corrected chi connectivity index (χ1v) is 4.35. The Balaban J connectivity index is 2.96. The van der Waals surface area contributed by atoms with E-state index in [1.54, 1.807) is 18.6 Å². The van der Waals surface area contributed by atoms with E-state index in [0.717, 1.165) is 11.1 Å². The van der Waals surface area contributed by atoms with Crippen LogP contribution in [0, 0.1) is 6.92 Å². The van der Waals surface area contributed by atoms with Gasteiger partial charge in [0.2, 0.25) is 0 Å². The van der Waals surface area contributed by atoms with Crippen LogP contribution in [0.4, 0.5) is 0 Å². The van der Waals surface area contributed by atoms with Gasteiger partial charge in [0.1, 0.15) is 0 Å². The van der Waals surface area contributed by atoms with Gasteiger partial charge in [-0.25, -0.2) is 9.97 Å². The summed E-state index contributed by atoms with van der Waals surface area (Å²) in [5.41, 5.74) is 1.99. The van der Waals surface area contributed by atoms with E-state index in [2.05, 4.69) is 21.7 Å². The molecule has 0 atom stereocenters. The average molecular weight is 187 g/mol. The predicted molar refractivity (Wildman–Crippen MR) is 59.1 cm³/mol. The van der Waals surface area contributed by atoms with Crippen LogP contribution in [-0.2, 0) is 0 Å². The maximum Gasteiger partial charge on any atom is 0.158 e. The molecule has 1 rings (SSSR count). The number of aromatic nitrogens is 2. The summed E-state index contributed by atoms with van der Waals surface area (Å²) >= 11 is 0. The molecular weight excluding hydrogens is 174 g/mol. The van der Waals surface area contributed by atoms with E-state index in [9.17, 15) is 0 Å². The summed E-state index contributed by atoms with van der Waals surface area (Å²) in [5, 5.41) is 0. The van der Waals surface area contributed by atoms with Gasteiger partial charge >= 0.3 is 0 Å². The first kappa shape index (κ1) is 10.3. The molecule has 3 nitrogen and oxygen atoms in total. The average Bonchev–Trinajstić information content (AvgIpc) is 2.21. The Morgan fingerprint density at radius 3 is 2.57 bits per heavy atom. The third-order valence-corrected chi connectivity index (χ3v) is 1.71. The lowest BCUT2D eigenvalue weighted by Gasteiger charge is -1.99. The minimum absolute atomic E-state index is 0.706. The molecule has 72 valence electrons. The number of aliphatic imine (C=N–C) groups is 1. The molecule has 0 aliphatic heterocycles. The molecule has 0 saturated carbocycles. The normalized spacial score (nSPS) is 12.0. The van der Waals surface area contributed by atoms with Crippen molar-refractivity contribution in [2.75, 3.05) is 0 Å². The summed E-state index contributed by atoms with van der Waals surface area (Å²) < 4.78 is 0. The molecule has 1 aromatic rings. The summed E-state index contributed by atoms with van der Waals surface area (Å²) in [4.78, 5) is 12.1.